The van der Waals surface area contributed by atoms with Crippen molar-refractivity contribution in [2.24, 2.45) is 29.6 Å². The number of ether oxygens (including phenoxy) is 6. The van der Waals surface area contributed by atoms with Gasteiger partial charge in [-0.2, -0.15) is 15.8 Å². The number of nitrogens with zero attached hydrogens (tertiary/aromatic N) is 5. The maximum absolute atomic E-state index is 11.3. The normalized spacial score (nSPS) is 20.4. The summed E-state index contributed by atoms with van der Waals surface area (Å²) >= 11 is 0. The van der Waals surface area contributed by atoms with Crippen LogP contribution < -0.4 is 0 Å². The summed E-state index contributed by atoms with van der Waals surface area (Å²) in [4.78, 5) is 42.0. The maximum Gasteiger partial charge on any atom is 0.337 e. The molecule has 2 saturated heterocycles. The highest BCUT2D eigenvalue weighted by molar-refractivity contribution is 5.81. The molecule has 0 radical (unpaired) electrons. The Hall–Kier alpha value is -7.02. The summed E-state index contributed by atoms with van der Waals surface area (Å²) in [6.45, 7) is 10.1. The third-order valence-corrected chi connectivity index (χ3v) is 16.9. The molecule has 14 heteroatoms. The molecule has 3 aromatic carbocycles. The first-order valence-corrected chi connectivity index (χ1v) is 31.6. The van der Waals surface area contributed by atoms with Gasteiger partial charge in [0, 0.05) is 44.4 Å². The number of aryl methyl sites for hydroxylation is 2. The van der Waals surface area contributed by atoms with Gasteiger partial charge in [0.05, 0.1) is 74.5 Å². The predicted octanol–water partition coefficient (Wildman–Crippen LogP) is 15.6. The number of hydrogen-bond donors (Lipinski definition) is 0. The summed E-state index contributed by atoms with van der Waals surface area (Å²) < 4.78 is 31.5. The number of hydrogen-bond acceptors (Lipinski definition) is 14. The fourth-order valence-corrected chi connectivity index (χ4v) is 11.6. The Balaban J connectivity index is 0.000000281. The van der Waals surface area contributed by atoms with Crippen LogP contribution in [0.5, 0.6) is 0 Å². The second-order valence-corrected chi connectivity index (χ2v) is 23.3. The first-order chi connectivity index (χ1) is 41.7. The number of esters is 3. The number of carbonyl (C=O) groups is 3. The number of carbonyl (C=O) groups excluding carboxylic acids is 3. The highest BCUT2D eigenvalue weighted by atomic mass is 16.7. The molecule has 1 atom stereocenters. The molecule has 0 spiro atoms. The van der Waals surface area contributed by atoms with Crippen molar-refractivity contribution in [1.29, 1.82) is 15.8 Å². The molecule has 14 nitrogen and oxygen atoms in total. The zero-order chi connectivity index (χ0) is 60.1. The van der Waals surface area contributed by atoms with Gasteiger partial charge >= 0.3 is 17.9 Å². The van der Waals surface area contributed by atoms with E-state index in [-0.39, 0.29) is 33.2 Å². The lowest BCUT2D eigenvalue weighted by Crippen LogP contribution is -2.27. The summed E-state index contributed by atoms with van der Waals surface area (Å²) in [7, 11) is 0. The monoisotopic (exact) mass is 1160 g/mol. The average Bonchev–Trinajstić information content (AvgIpc) is 4.60. The van der Waals surface area contributed by atoms with Crippen molar-refractivity contribution in [2.75, 3.05) is 39.6 Å². The molecule has 0 bridgehead atoms. The van der Waals surface area contributed by atoms with Crippen molar-refractivity contribution in [2.45, 2.75) is 179 Å². The van der Waals surface area contributed by atoms with E-state index in [4.69, 9.17) is 44.2 Å². The Kier molecular flexibility index (Phi) is 31.2. The smallest absolute Gasteiger partial charge is 0.337 e. The molecule has 1 unspecified atom stereocenters. The SMILES string of the molecule is C=CC(=O)OCCCCCC1COC(c2ccc(C#N)cc2)OC1.C=CC(=O)OCCCCCCCC1CCC(C2CCC(CCc3ccc(C#N)cc3)CC2)CC1.N#Cc1ccc(-c2ncc(CCCCCCCOC(=O)C3CO3)cn2)cc1.[HH].[HH]. The lowest BCUT2D eigenvalue weighted by atomic mass is 9.68. The second-order valence-electron chi connectivity index (χ2n) is 23.3. The van der Waals surface area contributed by atoms with E-state index in [1.807, 2.05) is 48.8 Å². The zero-order valence-corrected chi connectivity index (χ0v) is 50.2. The van der Waals surface area contributed by atoms with Gasteiger partial charge in [-0.3, -0.25) is 0 Å². The molecule has 85 heavy (non-hydrogen) atoms. The van der Waals surface area contributed by atoms with E-state index in [0.717, 1.165) is 129 Å². The van der Waals surface area contributed by atoms with Crippen molar-refractivity contribution in [3.8, 4) is 29.6 Å². The second kappa shape index (κ2) is 39.6. The number of epoxide rings is 1. The first kappa shape index (κ1) is 67.1. The lowest BCUT2D eigenvalue weighted by molar-refractivity contribution is -0.206. The van der Waals surface area contributed by atoms with E-state index in [1.165, 1.54) is 101 Å². The van der Waals surface area contributed by atoms with Crippen LogP contribution in [0.1, 0.15) is 197 Å². The van der Waals surface area contributed by atoms with Crippen molar-refractivity contribution in [1.82, 2.24) is 9.97 Å². The Labute approximate surface area is 509 Å². The standard InChI is InChI=1S/C31H45NO2.C21H23N3O3.C19H23NO4.2H2/c1-2-31(33)34-23-7-5-3-4-6-8-25-15-19-29(20-16-25)30-21-17-27(18-22-30)10-9-26-11-13-28(24-32)14-12-26;22-12-16-7-9-18(10-8-16)20-23-13-17(14-24-20)6-4-2-1-3-5-11-26-21(25)19-15-27-19;1-2-18(21)22-11-5-3-4-6-16-13-23-19(24-14-16)17-9-7-15(12-20)8-10-17;;/h2,11-14,25,27,29-30H,1,3-10,15-23H2;7-10,13-14,19H,1-6,11,15H2;2,7-10,16,19H,1,3-6,11,13-14H2;2*1H. The summed E-state index contributed by atoms with van der Waals surface area (Å²) in [5.41, 5.74) is 6.39. The van der Waals surface area contributed by atoms with Crippen LogP contribution >= 0.6 is 0 Å². The molecule has 8 rings (SSSR count). The molecule has 1 aromatic heterocycles. The Morgan fingerprint density at radius 1 is 0.494 bits per heavy atom. The highest BCUT2D eigenvalue weighted by Crippen LogP contribution is 2.43. The van der Waals surface area contributed by atoms with Crippen molar-refractivity contribution < 1.29 is 45.7 Å². The van der Waals surface area contributed by atoms with Crippen LogP contribution in [0.2, 0.25) is 0 Å². The van der Waals surface area contributed by atoms with Crippen molar-refractivity contribution >= 4 is 17.9 Å². The van der Waals surface area contributed by atoms with Gasteiger partial charge in [-0.05, 0) is 160 Å². The summed E-state index contributed by atoms with van der Waals surface area (Å²) in [6.07, 6.45) is 37.4. The van der Waals surface area contributed by atoms with Gasteiger partial charge < -0.3 is 28.4 Å². The molecule has 3 heterocycles. The van der Waals surface area contributed by atoms with Crippen molar-refractivity contribution in [3.05, 3.63) is 144 Å². The van der Waals surface area contributed by atoms with Gasteiger partial charge in [-0.15, -0.1) is 0 Å². The molecule has 4 aliphatic rings. The van der Waals surface area contributed by atoms with Gasteiger partial charge in [0.25, 0.3) is 0 Å². The first-order valence-electron chi connectivity index (χ1n) is 31.6. The van der Waals surface area contributed by atoms with E-state index in [0.29, 0.717) is 62.5 Å². The van der Waals surface area contributed by atoms with Gasteiger partial charge in [0.2, 0.25) is 0 Å². The molecular formula is C71H95N5O9. The number of rotatable bonds is 31. The minimum Gasteiger partial charge on any atom is -0.464 e. The van der Waals surface area contributed by atoms with Crippen LogP contribution in [0.4, 0.5) is 0 Å². The van der Waals surface area contributed by atoms with Crippen LogP contribution in [0.3, 0.4) is 0 Å². The Bertz CT molecular complexity index is 2720. The fourth-order valence-electron chi connectivity index (χ4n) is 11.6. The van der Waals surface area contributed by atoms with Crippen LogP contribution in [-0.2, 0) is 55.6 Å². The number of benzene rings is 3. The van der Waals surface area contributed by atoms with E-state index in [1.54, 1.807) is 24.3 Å². The quantitative estimate of drug-likeness (QED) is 0.0151. The average molecular weight is 1160 g/mol. The van der Waals surface area contributed by atoms with Gasteiger partial charge in [-0.1, -0.05) is 127 Å². The highest BCUT2D eigenvalue weighted by Gasteiger charge is 2.33. The molecule has 4 aromatic rings. The van der Waals surface area contributed by atoms with Crippen LogP contribution in [-0.4, -0.2) is 73.6 Å². The Morgan fingerprint density at radius 3 is 1.44 bits per heavy atom. The number of nitriles is 3. The fraction of sp³-hybridized carbons (Fsp3) is 0.549. The van der Waals surface area contributed by atoms with E-state index in [9.17, 15) is 14.4 Å². The number of unbranched alkanes of at least 4 members (excludes halogenated alkanes) is 10. The van der Waals surface area contributed by atoms with Gasteiger partial charge in [0.1, 0.15) is 0 Å². The molecule has 0 N–H and O–H groups in total. The molecule has 458 valence electrons. The minimum absolute atomic E-state index is 0. The molecule has 2 saturated carbocycles. The van der Waals surface area contributed by atoms with E-state index < -0.39 is 0 Å². The lowest BCUT2D eigenvalue weighted by Gasteiger charge is -2.38. The zero-order valence-electron chi connectivity index (χ0n) is 50.2. The summed E-state index contributed by atoms with van der Waals surface area (Å²) in [5, 5.41) is 26.6. The van der Waals surface area contributed by atoms with Crippen LogP contribution in [0, 0.1) is 63.6 Å². The third-order valence-electron chi connectivity index (χ3n) is 16.9. The van der Waals surface area contributed by atoms with E-state index in [2.05, 4.69) is 53.5 Å². The molecule has 4 fully saturated rings. The van der Waals surface area contributed by atoms with Gasteiger partial charge in [0.15, 0.2) is 18.2 Å². The van der Waals surface area contributed by atoms with E-state index >= 15 is 0 Å². The van der Waals surface area contributed by atoms with Gasteiger partial charge in [-0.25, -0.2) is 24.4 Å². The van der Waals surface area contributed by atoms with Crippen molar-refractivity contribution in [3.63, 3.8) is 0 Å². The maximum atomic E-state index is 11.3. The van der Waals surface area contributed by atoms with Crippen LogP contribution in [0.25, 0.3) is 11.4 Å². The molecule has 0 amide bonds. The molecular weight excluding hydrogens is 1070 g/mol. The largest absolute Gasteiger partial charge is 0.464 e. The molecule has 2 aliphatic heterocycles. The molecule has 2 aliphatic carbocycles. The van der Waals surface area contributed by atoms with Crippen LogP contribution in [0.15, 0.2) is 111 Å². The summed E-state index contributed by atoms with van der Waals surface area (Å²) in [5.74, 6) is 4.03. The Morgan fingerprint density at radius 2 is 0.929 bits per heavy atom. The topological polar surface area (TPSA) is 207 Å². The number of aromatic nitrogens is 2. The predicted molar refractivity (Wildman–Crippen MR) is 332 cm³/mol. The third kappa shape index (κ3) is 26.4. The minimum atomic E-state index is -0.363. The summed E-state index contributed by atoms with van der Waals surface area (Å²) in [6, 6.07) is 29.1.